The molecular formula is C15H26O4. The number of carboxylic acids is 1. The maximum Gasteiger partial charge on any atom is 0.309 e. The fourth-order valence-corrected chi connectivity index (χ4v) is 1.85. The summed E-state index contributed by atoms with van der Waals surface area (Å²) in [5.74, 6) is -2.01. The number of hydrogen-bond donors (Lipinski definition) is 1. The lowest BCUT2D eigenvalue weighted by atomic mass is 10.0. The van der Waals surface area contributed by atoms with Gasteiger partial charge in [0.25, 0.3) is 0 Å². The molecule has 0 amide bonds. The lowest BCUT2D eigenvalue weighted by molar-refractivity contribution is -0.153. The minimum Gasteiger partial charge on any atom is -0.481 e. The summed E-state index contributed by atoms with van der Waals surface area (Å²) in [7, 11) is 0. The monoisotopic (exact) mass is 270 g/mol. The third-order valence-corrected chi connectivity index (χ3v) is 2.95. The third-order valence-electron chi connectivity index (χ3n) is 2.95. The van der Waals surface area contributed by atoms with Crippen molar-refractivity contribution >= 4 is 11.9 Å². The van der Waals surface area contributed by atoms with Crippen LogP contribution in [0.1, 0.15) is 58.3 Å². The fourth-order valence-electron chi connectivity index (χ4n) is 1.85. The number of carbonyl (C=O) groups excluding carboxylic acids is 1. The number of ether oxygens (including phenoxy) is 1. The molecule has 0 aromatic carbocycles. The van der Waals surface area contributed by atoms with Gasteiger partial charge in [-0.15, -0.1) is 6.58 Å². The van der Waals surface area contributed by atoms with Gasteiger partial charge in [-0.3, -0.25) is 9.59 Å². The van der Waals surface area contributed by atoms with E-state index in [-0.39, 0.29) is 6.42 Å². The summed E-state index contributed by atoms with van der Waals surface area (Å²) in [6, 6.07) is 0. The highest BCUT2D eigenvalue weighted by Crippen LogP contribution is 2.12. The summed E-state index contributed by atoms with van der Waals surface area (Å²) in [5, 5.41) is 8.71. The van der Waals surface area contributed by atoms with E-state index in [1.807, 2.05) is 0 Å². The second-order valence-electron chi connectivity index (χ2n) is 4.75. The molecule has 19 heavy (non-hydrogen) atoms. The number of esters is 1. The van der Waals surface area contributed by atoms with E-state index in [4.69, 9.17) is 9.84 Å². The summed E-state index contributed by atoms with van der Waals surface area (Å²) in [5.41, 5.74) is 0. The van der Waals surface area contributed by atoms with E-state index in [1.165, 1.54) is 19.3 Å². The van der Waals surface area contributed by atoms with Gasteiger partial charge in [-0.25, -0.2) is 0 Å². The SMILES string of the molecule is C=CCC(CC(=O)O)C(=O)OCCCCCCCC. The Morgan fingerprint density at radius 2 is 1.84 bits per heavy atom. The Bertz CT molecular complexity index is 273. The molecular weight excluding hydrogens is 244 g/mol. The highest BCUT2D eigenvalue weighted by molar-refractivity contribution is 5.79. The largest absolute Gasteiger partial charge is 0.481 e. The van der Waals surface area contributed by atoms with E-state index in [2.05, 4.69) is 13.5 Å². The molecule has 0 aromatic heterocycles. The van der Waals surface area contributed by atoms with Crippen molar-refractivity contribution in [1.29, 1.82) is 0 Å². The zero-order valence-corrected chi connectivity index (χ0v) is 11.9. The highest BCUT2D eigenvalue weighted by atomic mass is 16.5. The van der Waals surface area contributed by atoms with Gasteiger partial charge in [0.2, 0.25) is 0 Å². The number of unbranched alkanes of at least 4 members (excludes halogenated alkanes) is 5. The third kappa shape index (κ3) is 10.3. The van der Waals surface area contributed by atoms with E-state index in [9.17, 15) is 9.59 Å². The van der Waals surface area contributed by atoms with Crippen LogP contribution in [0.4, 0.5) is 0 Å². The first-order chi connectivity index (χ1) is 9.11. The van der Waals surface area contributed by atoms with Gasteiger partial charge in [0.05, 0.1) is 18.9 Å². The van der Waals surface area contributed by atoms with Crippen LogP contribution in [0, 0.1) is 5.92 Å². The predicted molar refractivity (Wildman–Crippen MR) is 74.9 cm³/mol. The molecule has 0 fully saturated rings. The van der Waals surface area contributed by atoms with Gasteiger partial charge in [-0.1, -0.05) is 45.1 Å². The van der Waals surface area contributed by atoms with Crippen LogP contribution in [0.5, 0.6) is 0 Å². The summed E-state index contributed by atoms with van der Waals surface area (Å²) < 4.78 is 5.11. The average molecular weight is 270 g/mol. The predicted octanol–water partition coefficient (Wildman–Crippen LogP) is 3.56. The van der Waals surface area contributed by atoms with Crippen molar-refractivity contribution in [2.45, 2.75) is 58.3 Å². The van der Waals surface area contributed by atoms with E-state index in [1.54, 1.807) is 6.08 Å². The van der Waals surface area contributed by atoms with Crippen molar-refractivity contribution in [2.24, 2.45) is 5.92 Å². The van der Waals surface area contributed by atoms with Gasteiger partial charge in [0.15, 0.2) is 0 Å². The highest BCUT2D eigenvalue weighted by Gasteiger charge is 2.21. The van der Waals surface area contributed by atoms with Gasteiger partial charge in [-0.2, -0.15) is 0 Å². The molecule has 1 N–H and O–H groups in total. The molecule has 110 valence electrons. The topological polar surface area (TPSA) is 63.6 Å². The van der Waals surface area contributed by atoms with E-state index < -0.39 is 17.9 Å². The molecule has 1 atom stereocenters. The van der Waals surface area contributed by atoms with Crippen molar-refractivity contribution in [2.75, 3.05) is 6.61 Å². The lowest BCUT2D eigenvalue weighted by Gasteiger charge is -2.12. The van der Waals surface area contributed by atoms with Crippen LogP contribution in [-0.2, 0) is 14.3 Å². The summed E-state index contributed by atoms with van der Waals surface area (Å²) >= 11 is 0. The minimum absolute atomic E-state index is 0.193. The number of allylic oxidation sites excluding steroid dienone is 1. The molecule has 0 bridgehead atoms. The van der Waals surface area contributed by atoms with Crippen molar-refractivity contribution in [1.82, 2.24) is 0 Å². The second-order valence-corrected chi connectivity index (χ2v) is 4.75. The first-order valence-corrected chi connectivity index (χ1v) is 7.11. The zero-order valence-electron chi connectivity index (χ0n) is 11.9. The number of rotatable bonds is 12. The van der Waals surface area contributed by atoms with Crippen molar-refractivity contribution in [3.05, 3.63) is 12.7 Å². The quantitative estimate of drug-likeness (QED) is 0.334. The number of aliphatic carboxylic acids is 1. The molecule has 0 spiro atoms. The molecule has 0 aliphatic rings. The first-order valence-electron chi connectivity index (χ1n) is 7.11. The molecule has 1 unspecified atom stereocenters. The lowest BCUT2D eigenvalue weighted by Crippen LogP contribution is -2.21. The number of hydrogen-bond acceptors (Lipinski definition) is 3. The molecule has 0 aliphatic heterocycles. The van der Waals surface area contributed by atoms with E-state index in [0.717, 1.165) is 19.3 Å². The standard InChI is InChI=1S/C15H26O4/c1-3-5-6-7-8-9-11-19-15(18)13(10-4-2)12-14(16)17/h4,13H,2-3,5-12H2,1H3,(H,16,17). The molecule has 0 heterocycles. The normalized spacial score (nSPS) is 11.8. The Labute approximate surface area is 115 Å². The van der Waals surface area contributed by atoms with Crippen LogP contribution in [-0.4, -0.2) is 23.7 Å². The molecule has 0 aliphatic carbocycles. The summed E-state index contributed by atoms with van der Waals surface area (Å²) in [6.45, 7) is 6.09. The van der Waals surface area contributed by atoms with Gasteiger partial charge >= 0.3 is 11.9 Å². The maximum absolute atomic E-state index is 11.7. The van der Waals surface area contributed by atoms with Crippen LogP contribution in [0.3, 0.4) is 0 Å². The molecule has 0 rings (SSSR count). The van der Waals surface area contributed by atoms with Crippen LogP contribution < -0.4 is 0 Å². The second kappa shape index (κ2) is 11.8. The van der Waals surface area contributed by atoms with Gasteiger partial charge in [0, 0.05) is 0 Å². The minimum atomic E-state index is -0.983. The summed E-state index contributed by atoms with van der Waals surface area (Å²) in [6.07, 6.45) is 8.47. The van der Waals surface area contributed by atoms with Crippen LogP contribution >= 0.6 is 0 Å². The van der Waals surface area contributed by atoms with Crippen molar-refractivity contribution in [3.63, 3.8) is 0 Å². The van der Waals surface area contributed by atoms with Crippen LogP contribution in [0.2, 0.25) is 0 Å². The molecule has 0 saturated heterocycles. The van der Waals surface area contributed by atoms with Crippen LogP contribution in [0.15, 0.2) is 12.7 Å². The number of carbonyl (C=O) groups is 2. The first kappa shape index (κ1) is 17.7. The van der Waals surface area contributed by atoms with E-state index in [0.29, 0.717) is 13.0 Å². The average Bonchev–Trinajstić information content (AvgIpc) is 2.36. The Kier molecular flexibility index (Phi) is 10.9. The van der Waals surface area contributed by atoms with Gasteiger partial charge in [-0.05, 0) is 12.8 Å². The Hall–Kier alpha value is -1.32. The van der Waals surface area contributed by atoms with Gasteiger partial charge in [0.1, 0.15) is 0 Å². The maximum atomic E-state index is 11.7. The Balaban J connectivity index is 3.74. The molecule has 4 heteroatoms. The molecule has 0 saturated carbocycles. The molecule has 0 radical (unpaired) electrons. The molecule has 4 nitrogen and oxygen atoms in total. The Morgan fingerprint density at radius 3 is 2.42 bits per heavy atom. The summed E-state index contributed by atoms with van der Waals surface area (Å²) in [4.78, 5) is 22.3. The van der Waals surface area contributed by atoms with Crippen molar-refractivity contribution < 1.29 is 19.4 Å². The number of carboxylic acid groups (broad SMARTS) is 1. The van der Waals surface area contributed by atoms with E-state index >= 15 is 0 Å². The fraction of sp³-hybridized carbons (Fsp3) is 0.733. The van der Waals surface area contributed by atoms with Crippen molar-refractivity contribution in [3.8, 4) is 0 Å². The smallest absolute Gasteiger partial charge is 0.309 e. The zero-order chi connectivity index (χ0) is 14.5. The molecule has 0 aromatic rings. The van der Waals surface area contributed by atoms with Crippen LogP contribution in [0.25, 0.3) is 0 Å². The van der Waals surface area contributed by atoms with Gasteiger partial charge < -0.3 is 9.84 Å². The Morgan fingerprint density at radius 1 is 1.21 bits per heavy atom.